The molecule has 1 saturated heterocycles. The number of fused-ring (bicyclic) bond motifs is 1. The predicted molar refractivity (Wildman–Crippen MR) is 68.4 cm³/mol. The molecule has 1 fully saturated rings. The van der Waals surface area contributed by atoms with Crippen molar-refractivity contribution in [3.8, 4) is 6.07 Å². The van der Waals surface area contributed by atoms with E-state index in [9.17, 15) is 4.79 Å². The number of imidazole rings is 1. The molecule has 1 atom stereocenters. The molecule has 1 aromatic heterocycles. The summed E-state index contributed by atoms with van der Waals surface area (Å²) in [6, 6.07) is 7.73. The van der Waals surface area contributed by atoms with E-state index in [1.807, 2.05) is 10.6 Å². The molecular weight excluding hydrogens is 228 g/mol. The standard InChI is InChI=1S/C13H14N4O/c1-16-12-6-9(7-14)2-3-11(12)17(13(16)18)10-4-5-15-8-10/h2-3,6,10,15H,4-5,8H2,1H3. The Morgan fingerprint density at radius 1 is 1.44 bits per heavy atom. The molecule has 0 saturated carbocycles. The molecule has 0 radical (unpaired) electrons. The highest BCUT2D eigenvalue weighted by Gasteiger charge is 2.22. The van der Waals surface area contributed by atoms with Crippen LogP contribution in [-0.4, -0.2) is 22.2 Å². The van der Waals surface area contributed by atoms with Crippen molar-refractivity contribution in [3.63, 3.8) is 0 Å². The van der Waals surface area contributed by atoms with Crippen LogP contribution in [0.2, 0.25) is 0 Å². The van der Waals surface area contributed by atoms with Gasteiger partial charge in [0.1, 0.15) is 0 Å². The second-order valence-corrected chi connectivity index (χ2v) is 4.67. The van der Waals surface area contributed by atoms with Crippen molar-refractivity contribution in [2.24, 2.45) is 7.05 Å². The van der Waals surface area contributed by atoms with E-state index in [1.165, 1.54) is 0 Å². The van der Waals surface area contributed by atoms with E-state index in [0.717, 1.165) is 30.5 Å². The molecule has 0 aliphatic carbocycles. The Kier molecular flexibility index (Phi) is 2.46. The van der Waals surface area contributed by atoms with Crippen LogP contribution in [-0.2, 0) is 7.05 Å². The van der Waals surface area contributed by atoms with Crippen LogP contribution in [0, 0.1) is 11.3 Å². The topological polar surface area (TPSA) is 62.8 Å². The number of nitrogens with one attached hydrogen (secondary N) is 1. The number of hydrogen-bond donors (Lipinski definition) is 1. The zero-order chi connectivity index (χ0) is 12.7. The summed E-state index contributed by atoms with van der Waals surface area (Å²) in [4.78, 5) is 12.3. The van der Waals surface area contributed by atoms with Crippen LogP contribution in [0.3, 0.4) is 0 Å². The summed E-state index contributed by atoms with van der Waals surface area (Å²) in [5.41, 5.74) is 2.31. The Balaban J connectivity index is 2.29. The SMILES string of the molecule is Cn1c(=O)n(C2CCNC2)c2ccc(C#N)cc21. The first-order chi connectivity index (χ1) is 8.72. The first-order valence-electron chi connectivity index (χ1n) is 6.04. The summed E-state index contributed by atoms with van der Waals surface area (Å²) < 4.78 is 3.46. The lowest BCUT2D eigenvalue weighted by molar-refractivity contribution is 0.535. The van der Waals surface area contributed by atoms with Gasteiger partial charge in [-0.25, -0.2) is 4.79 Å². The summed E-state index contributed by atoms with van der Waals surface area (Å²) in [5, 5.41) is 12.2. The van der Waals surface area contributed by atoms with Crippen LogP contribution in [0.25, 0.3) is 11.0 Å². The maximum absolute atomic E-state index is 12.3. The van der Waals surface area contributed by atoms with Gasteiger partial charge in [-0.1, -0.05) is 0 Å². The monoisotopic (exact) mass is 242 g/mol. The maximum Gasteiger partial charge on any atom is 0.329 e. The molecule has 18 heavy (non-hydrogen) atoms. The molecule has 5 nitrogen and oxygen atoms in total. The quantitative estimate of drug-likeness (QED) is 0.802. The Bertz CT molecular complexity index is 698. The number of nitrogens with zero attached hydrogens (tertiary/aromatic N) is 3. The van der Waals surface area contributed by atoms with E-state index < -0.39 is 0 Å². The van der Waals surface area contributed by atoms with Crippen LogP contribution in [0.4, 0.5) is 0 Å². The fourth-order valence-corrected chi connectivity index (χ4v) is 2.65. The highest BCUT2D eigenvalue weighted by Crippen LogP contribution is 2.21. The number of rotatable bonds is 1. The van der Waals surface area contributed by atoms with Crippen molar-refractivity contribution in [1.82, 2.24) is 14.5 Å². The molecule has 0 spiro atoms. The summed E-state index contributed by atoms with van der Waals surface area (Å²) in [6.45, 7) is 1.78. The molecule has 1 unspecified atom stereocenters. The zero-order valence-electron chi connectivity index (χ0n) is 10.2. The van der Waals surface area contributed by atoms with E-state index >= 15 is 0 Å². The lowest BCUT2D eigenvalue weighted by atomic mass is 10.2. The van der Waals surface area contributed by atoms with E-state index in [0.29, 0.717) is 5.56 Å². The average molecular weight is 242 g/mol. The summed E-state index contributed by atoms with van der Waals surface area (Å²) in [6.07, 6.45) is 0.971. The van der Waals surface area contributed by atoms with Crippen LogP contribution in [0.15, 0.2) is 23.0 Å². The Hall–Kier alpha value is -2.06. The van der Waals surface area contributed by atoms with Gasteiger partial charge >= 0.3 is 5.69 Å². The summed E-state index contributed by atoms with van der Waals surface area (Å²) in [7, 11) is 1.75. The maximum atomic E-state index is 12.3. The zero-order valence-corrected chi connectivity index (χ0v) is 10.2. The molecule has 92 valence electrons. The van der Waals surface area contributed by atoms with Gasteiger partial charge < -0.3 is 5.32 Å². The van der Waals surface area contributed by atoms with E-state index in [4.69, 9.17) is 5.26 Å². The minimum atomic E-state index is -0.00575. The van der Waals surface area contributed by atoms with Gasteiger partial charge in [0.25, 0.3) is 0 Å². The molecule has 0 bridgehead atoms. The minimum Gasteiger partial charge on any atom is -0.315 e. The number of hydrogen-bond acceptors (Lipinski definition) is 3. The van der Waals surface area contributed by atoms with Gasteiger partial charge in [0.15, 0.2) is 0 Å². The van der Waals surface area contributed by atoms with Gasteiger partial charge in [-0.05, 0) is 31.2 Å². The van der Waals surface area contributed by atoms with Crippen molar-refractivity contribution < 1.29 is 0 Å². The Labute approximate surface area is 104 Å². The lowest BCUT2D eigenvalue weighted by Crippen LogP contribution is -2.27. The molecule has 5 heteroatoms. The van der Waals surface area contributed by atoms with Crippen LogP contribution in [0.1, 0.15) is 18.0 Å². The van der Waals surface area contributed by atoms with Gasteiger partial charge in [-0.15, -0.1) is 0 Å². The molecule has 1 aromatic carbocycles. The smallest absolute Gasteiger partial charge is 0.315 e. The third-order valence-electron chi connectivity index (χ3n) is 3.62. The first-order valence-corrected chi connectivity index (χ1v) is 6.04. The molecule has 2 heterocycles. The molecule has 2 aromatic rings. The fourth-order valence-electron chi connectivity index (χ4n) is 2.65. The number of benzene rings is 1. The largest absolute Gasteiger partial charge is 0.329 e. The number of aromatic nitrogens is 2. The van der Waals surface area contributed by atoms with Crippen molar-refractivity contribution in [1.29, 1.82) is 5.26 Å². The van der Waals surface area contributed by atoms with Gasteiger partial charge in [-0.2, -0.15) is 5.26 Å². The molecular formula is C13H14N4O. The molecule has 1 N–H and O–H groups in total. The van der Waals surface area contributed by atoms with Gasteiger partial charge in [0.05, 0.1) is 28.7 Å². The van der Waals surface area contributed by atoms with Gasteiger partial charge in [0, 0.05) is 13.6 Å². The van der Waals surface area contributed by atoms with Crippen LogP contribution in [0.5, 0.6) is 0 Å². The molecule has 1 aliphatic rings. The van der Waals surface area contributed by atoms with E-state index in [-0.39, 0.29) is 11.7 Å². The number of aryl methyl sites for hydroxylation is 1. The predicted octanol–water partition coefficient (Wildman–Crippen LogP) is 0.746. The van der Waals surface area contributed by atoms with Gasteiger partial charge in [-0.3, -0.25) is 9.13 Å². The fraction of sp³-hybridized carbons (Fsp3) is 0.385. The van der Waals surface area contributed by atoms with Crippen molar-refractivity contribution in [3.05, 3.63) is 34.2 Å². The highest BCUT2D eigenvalue weighted by molar-refractivity contribution is 5.78. The third-order valence-corrected chi connectivity index (χ3v) is 3.62. The average Bonchev–Trinajstić information content (AvgIpc) is 2.98. The third kappa shape index (κ3) is 1.46. The van der Waals surface area contributed by atoms with Crippen LogP contribution >= 0.6 is 0 Å². The minimum absolute atomic E-state index is 0.00575. The lowest BCUT2D eigenvalue weighted by Gasteiger charge is -2.10. The second kappa shape index (κ2) is 4.00. The van der Waals surface area contributed by atoms with E-state index in [2.05, 4.69) is 11.4 Å². The molecule has 1 aliphatic heterocycles. The first kappa shape index (κ1) is 11.1. The molecule has 3 rings (SSSR count). The normalized spacial score (nSPS) is 19.2. The van der Waals surface area contributed by atoms with Crippen molar-refractivity contribution in [2.75, 3.05) is 13.1 Å². The second-order valence-electron chi connectivity index (χ2n) is 4.67. The summed E-state index contributed by atoms with van der Waals surface area (Å²) in [5.74, 6) is 0. The van der Waals surface area contributed by atoms with Crippen molar-refractivity contribution in [2.45, 2.75) is 12.5 Å². The van der Waals surface area contributed by atoms with Crippen molar-refractivity contribution >= 4 is 11.0 Å². The van der Waals surface area contributed by atoms with Gasteiger partial charge in [0.2, 0.25) is 0 Å². The molecule has 0 amide bonds. The van der Waals surface area contributed by atoms with E-state index in [1.54, 1.807) is 23.7 Å². The Morgan fingerprint density at radius 2 is 2.28 bits per heavy atom. The van der Waals surface area contributed by atoms with Crippen LogP contribution < -0.4 is 11.0 Å². The Morgan fingerprint density at radius 3 is 2.94 bits per heavy atom. The summed E-state index contributed by atoms with van der Waals surface area (Å²) >= 11 is 0. The highest BCUT2D eigenvalue weighted by atomic mass is 16.1. The number of nitriles is 1.